The smallest absolute Gasteiger partial charge is 0.304 e. The fourth-order valence-corrected chi connectivity index (χ4v) is 3.38. The van der Waals surface area contributed by atoms with Crippen molar-refractivity contribution in [2.45, 2.75) is 51.7 Å². The van der Waals surface area contributed by atoms with Gasteiger partial charge < -0.3 is 18.9 Å². The van der Waals surface area contributed by atoms with Gasteiger partial charge in [-0.1, -0.05) is 5.21 Å². The van der Waals surface area contributed by atoms with Crippen molar-refractivity contribution in [1.82, 2.24) is 15.0 Å². The second-order valence-corrected chi connectivity index (χ2v) is 7.23. The lowest BCUT2D eigenvalue weighted by atomic mass is 9.98. The highest BCUT2D eigenvalue weighted by Gasteiger charge is 2.44. The summed E-state index contributed by atoms with van der Waals surface area (Å²) in [4.78, 5) is 34.5. The van der Waals surface area contributed by atoms with E-state index in [0.29, 0.717) is 0 Å². The van der Waals surface area contributed by atoms with Crippen LogP contribution in [0.2, 0.25) is 0 Å². The van der Waals surface area contributed by atoms with E-state index in [4.69, 9.17) is 18.9 Å². The number of carbonyl (C=O) groups excluding carboxylic acids is 3. The van der Waals surface area contributed by atoms with Crippen molar-refractivity contribution in [3.63, 3.8) is 0 Å². The number of hydrogen-bond acceptors (Lipinski definition) is 9. The topological polar surface area (TPSA) is 119 Å². The van der Waals surface area contributed by atoms with Gasteiger partial charge in [0.05, 0.1) is 12.2 Å². The number of esters is 3. The van der Waals surface area contributed by atoms with Crippen molar-refractivity contribution >= 4 is 17.9 Å². The minimum Gasteiger partial charge on any atom is -0.463 e. The lowest BCUT2D eigenvalue weighted by Crippen LogP contribution is -2.51. The molecular weight excluding hydrogens is 451 g/mol. The van der Waals surface area contributed by atoms with Gasteiger partial charge in [-0.25, -0.2) is 17.9 Å². The molecule has 2 heterocycles. The molecule has 0 N–H and O–H groups in total. The Morgan fingerprint density at radius 3 is 2.27 bits per heavy atom. The number of benzene rings is 1. The Bertz CT molecular complexity index is 1040. The summed E-state index contributed by atoms with van der Waals surface area (Å²) in [5.74, 6) is -6.36. The van der Waals surface area contributed by atoms with Gasteiger partial charge in [0.25, 0.3) is 0 Å². The maximum absolute atomic E-state index is 13.6. The largest absolute Gasteiger partial charge is 0.463 e. The van der Waals surface area contributed by atoms with Crippen LogP contribution >= 0.6 is 0 Å². The SMILES string of the molecule is CC(=O)OC[C@H]1OC(OC(C)=O)C[C@@H](n2cc(-c3cc(F)c(F)c(F)c3)nn2)[C@@H]1OC(C)=O. The number of ether oxygens (including phenoxy) is 4. The molecule has 2 aromatic rings. The zero-order valence-corrected chi connectivity index (χ0v) is 17.8. The minimum absolute atomic E-state index is 0.00133. The van der Waals surface area contributed by atoms with Gasteiger partial charge in [0.2, 0.25) is 6.29 Å². The zero-order valence-electron chi connectivity index (χ0n) is 17.8. The Morgan fingerprint density at radius 1 is 1.06 bits per heavy atom. The van der Waals surface area contributed by atoms with Gasteiger partial charge in [-0.05, 0) is 12.1 Å². The summed E-state index contributed by atoms with van der Waals surface area (Å²) in [5, 5.41) is 7.79. The van der Waals surface area contributed by atoms with Gasteiger partial charge in [0, 0.05) is 32.8 Å². The highest BCUT2D eigenvalue weighted by molar-refractivity contribution is 5.67. The molecule has 178 valence electrons. The molecule has 1 aliphatic heterocycles. The van der Waals surface area contributed by atoms with Gasteiger partial charge >= 0.3 is 17.9 Å². The molecule has 0 saturated carbocycles. The predicted molar refractivity (Wildman–Crippen MR) is 102 cm³/mol. The Balaban J connectivity index is 1.96. The van der Waals surface area contributed by atoms with Crippen molar-refractivity contribution in [1.29, 1.82) is 0 Å². The average Bonchev–Trinajstić information content (AvgIpc) is 3.20. The summed E-state index contributed by atoms with van der Waals surface area (Å²) in [5.41, 5.74) is -0.0804. The van der Waals surface area contributed by atoms with Crippen LogP contribution in [0.25, 0.3) is 11.3 Å². The van der Waals surface area contributed by atoms with E-state index in [1.54, 1.807) is 0 Å². The molecule has 0 amide bonds. The summed E-state index contributed by atoms with van der Waals surface area (Å²) in [6.07, 6.45) is -1.93. The van der Waals surface area contributed by atoms with E-state index >= 15 is 0 Å². The third-order valence-corrected chi connectivity index (χ3v) is 4.69. The molecule has 10 nitrogen and oxygen atoms in total. The van der Waals surface area contributed by atoms with Gasteiger partial charge in [-0.2, -0.15) is 0 Å². The molecular formula is C20H20F3N3O7. The molecule has 0 spiro atoms. The summed E-state index contributed by atoms with van der Waals surface area (Å²) in [6, 6.07) is 0.681. The molecule has 0 bridgehead atoms. The molecule has 1 saturated heterocycles. The van der Waals surface area contributed by atoms with Crippen LogP contribution in [0, 0.1) is 17.5 Å². The molecule has 33 heavy (non-hydrogen) atoms. The van der Waals surface area contributed by atoms with Crippen LogP contribution in [0.1, 0.15) is 33.2 Å². The number of hydrogen-bond donors (Lipinski definition) is 0. The Hall–Kier alpha value is -3.48. The molecule has 1 fully saturated rings. The van der Waals surface area contributed by atoms with Gasteiger partial charge in [-0.3, -0.25) is 14.4 Å². The summed E-state index contributed by atoms with van der Waals surface area (Å²) >= 11 is 0. The summed E-state index contributed by atoms with van der Waals surface area (Å²) in [7, 11) is 0. The maximum Gasteiger partial charge on any atom is 0.304 e. The van der Waals surface area contributed by atoms with Crippen LogP contribution in [0.4, 0.5) is 13.2 Å². The first kappa shape index (κ1) is 24.2. The number of carbonyl (C=O) groups is 3. The van der Waals surface area contributed by atoms with Crippen LogP contribution < -0.4 is 0 Å². The fraction of sp³-hybridized carbons (Fsp3) is 0.450. The Labute approximate surface area is 185 Å². The monoisotopic (exact) mass is 471 g/mol. The number of halogens is 3. The summed E-state index contributed by atoms with van der Waals surface area (Å²) < 4.78 is 62.9. The van der Waals surface area contributed by atoms with Gasteiger partial charge in [0.1, 0.15) is 18.4 Å². The predicted octanol–water partition coefficient (Wildman–Crippen LogP) is 2.08. The third kappa shape index (κ3) is 5.86. The number of rotatable bonds is 6. The Kier molecular flexibility index (Phi) is 7.31. The van der Waals surface area contributed by atoms with E-state index in [-0.39, 0.29) is 24.3 Å². The number of nitrogens with zero attached hydrogens (tertiary/aromatic N) is 3. The van der Waals surface area contributed by atoms with Crippen LogP contribution in [0.3, 0.4) is 0 Å². The second kappa shape index (κ2) is 9.98. The quantitative estimate of drug-likeness (QED) is 0.354. The first-order chi connectivity index (χ1) is 15.5. The van der Waals surface area contributed by atoms with Gasteiger partial charge in [-0.15, -0.1) is 5.10 Å². The zero-order chi connectivity index (χ0) is 24.3. The first-order valence-corrected chi connectivity index (χ1v) is 9.75. The van der Waals surface area contributed by atoms with Crippen LogP contribution in [-0.4, -0.2) is 58.0 Å². The highest BCUT2D eigenvalue weighted by atomic mass is 19.2. The lowest BCUT2D eigenvalue weighted by molar-refractivity contribution is -0.245. The minimum atomic E-state index is -1.62. The van der Waals surface area contributed by atoms with Crippen LogP contribution in [0.5, 0.6) is 0 Å². The molecule has 13 heteroatoms. The van der Waals surface area contributed by atoms with E-state index in [0.717, 1.165) is 19.1 Å². The normalized spacial score (nSPS) is 22.5. The maximum atomic E-state index is 13.6. The van der Waals surface area contributed by atoms with Crippen molar-refractivity contribution in [3.05, 3.63) is 35.8 Å². The molecule has 0 aliphatic carbocycles. The standard InChI is InChI=1S/C20H20F3N3O7/c1-9(27)30-8-17-20(32-11(3)29)16(6-18(33-17)31-10(2)28)26-7-15(24-25-26)12-4-13(21)19(23)14(22)5-12/h4-5,7,16-18,20H,6,8H2,1-3H3/t16-,17-,18?,20+/m1/s1. The van der Waals surface area contributed by atoms with Crippen LogP contribution in [-0.2, 0) is 33.3 Å². The molecule has 1 aromatic carbocycles. The van der Waals surface area contributed by atoms with Crippen molar-refractivity contribution in [2.24, 2.45) is 0 Å². The molecule has 0 radical (unpaired) electrons. The second-order valence-electron chi connectivity index (χ2n) is 7.23. The van der Waals surface area contributed by atoms with Crippen LogP contribution in [0.15, 0.2) is 18.3 Å². The molecule has 4 atom stereocenters. The van der Waals surface area contributed by atoms with Crippen molar-refractivity contribution in [3.8, 4) is 11.3 Å². The lowest BCUT2D eigenvalue weighted by Gasteiger charge is -2.39. The first-order valence-electron chi connectivity index (χ1n) is 9.75. The van der Waals surface area contributed by atoms with E-state index in [2.05, 4.69) is 10.3 Å². The molecule has 3 rings (SSSR count). The third-order valence-electron chi connectivity index (χ3n) is 4.69. The van der Waals surface area contributed by atoms with Gasteiger partial charge in [0.15, 0.2) is 23.6 Å². The Morgan fingerprint density at radius 2 is 1.70 bits per heavy atom. The van der Waals surface area contributed by atoms with E-state index in [9.17, 15) is 27.6 Å². The summed E-state index contributed by atoms with van der Waals surface area (Å²) in [6.45, 7) is 3.19. The fourth-order valence-electron chi connectivity index (χ4n) is 3.38. The molecule has 1 aliphatic rings. The number of aromatic nitrogens is 3. The molecule has 1 aromatic heterocycles. The van der Waals surface area contributed by atoms with E-state index < -0.39 is 59.9 Å². The average molecular weight is 471 g/mol. The molecule has 1 unspecified atom stereocenters. The van der Waals surface area contributed by atoms with E-state index in [1.807, 2.05) is 0 Å². The highest BCUT2D eigenvalue weighted by Crippen LogP contribution is 2.33. The van der Waals surface area contributed by atoms with Crippen molar-refractivity contribution in [2.75, 3.05) is 6.61 Å². The van der Waals surface area contributed by atoms with Crippen molar-refractivity contribution < 1.29 is 46.5 Å². The van der Waals surface area contributed by atoms with E-state index in [1.165, 1.54) is 24.7 Å².